The second-order valence-corrected chi connectivity index (χ2v) is 20.7. The molecule has 5 heterocycles. The highest BCUT2D eigenvalue weighted by Crippen LogP contribution is 2.71. The van der Waals surface area contributed by atoms with Gasteiger partial charge in [-0.3, -0.25) is 0 Å². The zero-order valence-electron chi connectivity index (χ0n) is 35.6. The van der Waals surface area contributed by atoms with Crippen molar-refractivity contribution < 1.29 is 78.7 Å². The fourth-order valence-corrected chi connectivity index (χ4v) is 14.2. The molecule has 9 fully saturated rings. The summed E-state index contributed by atoms with van der Waals surface area (Å²) in [6.07, 6.45) is -12.0. The molecule has 9 aliphatic rings. The van der Waals surface area contributed by atoms with Crippen LogP contribution in [-0.4, -0.2) is 164 Å². The van der Waals surface area contributed by atoms with Gasteiger partial charge in [0.15, 0.2) is 24.7 Å². The lowest BCUT2D eigenvalue weighted by Crippen LogP contribution is -2.65. The molecule has 4 aliphatic carbocycles. The lowest BCUT2D eigenvalue weighted by Gasteiger charge is -2.63. The maximum absolute atomic E-state index is 11.4. The number of hydrogen-bond acceptors (Lipinski definition) is 16. The van der Waals surface area contributed by atoms with Gasteiger partial charge in [-0.25, -0.2) is 0 Å². The van der Waals surface area contributed by atoms with Crippen LogP contribution in [0.25, 0.3) is 0 Å². The molecule has 9 rings (SSSR count). The van der Waals surface area contributed by atoms with Crippen LogP contribution in [0.5, 0.6) is 0 Å². The Morgan fingerprint density at radius 2 is 1.35 bits per heavy atom. The predicted molar refractivity (Wildman–Crippen MR) is 208 cm³/mol. The predicted octanol–water partition coefficient (Wildman–Crippen LogP) is 0.852. The van der Waals surface area contributed by atoms with Crippen molar-refractivity contribution in [1.82, 2.24) is 0 Å². The molecule has 0 bridgehead atoms. The van der Waals surface area contributed by atoms with E-state index in [1.165, 1.54) is 6.92 Å². The Kier molecular flexibility index (Phi) is 12.0. The number of aliphatic hydroxyl groups is 8. The molecule has 0 aromatic heterocycles. The van der Waals surface area contributed by atoms with E-state index in [0.29, 0.717) is 37.2 Å². The molecule has 5 saturated heterocycles. The Bertz CT molecular complexity index is 1560. The second-order valence-electron chi connectivity index (χ2n) is 20.7. The molecule has 16 heteroatoms. The molecule has 1 spiro atoms. The van der Waals surface area contributed by atoms with Crippen molar-refractivity contribution in [1.29, 1.82) is 0 Å². The van der Waals surface area contributed by atoms with E-state index in [9.17, 15) is 40.9 Å². The highest BCUT2D eigenvalue weighted by atomic mass is 16.8. The summed E-state index contributed by atoms with van der Waals surface area (Å²) in [4.78, 5) is 0. The summed E-state index contributed by atoms with van der Waals surface area (Å²) in [5, 5.41) is 85.9. The first-order valence-corrected chi connectivity index (χ1v) is 22.7. The molecule has 4 saturated carbocycles. The van der Waals surface area contributed by atoms with Gasteiger partial charge in [-0.15, -0.1) is 0 Å². The monoisotopic (exact) mass is 854 g/mol. The van der Waals surface area contributed by atoms with Crippen LogP contribution in [-0.2, 0) is 37.9 Å². The van der Waals surface area contributed by atoms with Crippen molar-refractivity contribution in [3.63, 3.8) is 0 Å². The third kappa shape index (κ3) is 7.01. The maximum atomic E-state index is 11.4. The molecule has 26 atom stereocenters. The minimum atomic E-state index is -1.66. The average Bonchev–Trinajstić information content (AvgIpc) is 3.67. The van der Waals surface area contributed by atoms with Crippen LogP contribution in [0, 0.1) is 46.3 Å². The number of aliphatic hydroxyl groups excluding tert-OH is 8. The topological polar surface area (TPSA) is 236 Å². The number of rotatable bonds is 6. The highest BCUT2D eigenvalue weighted by molar-refractivity contribution is 5.17. The molecule has 342 valence electrons. The van der Waals surface area contributed by atoms with Crippen LogP contribution in [0.3, 0.4) is 0 Å². The number of ether oxygens (including phenoxy) is 8. The van der Waals surface area contributed by atoms with Gasteiger partial charge in [0, 0.05) is 18.8 Å². The average molecular weight is 855 g/mol. The van der Waals surface area contributed by atoms with Crippen LogP contribution in [0.15, 0.2) is 12.2 Å². The minimum Gasteiger partial charge on any atom is -0.388 e. The van der Waals surface area contributed by atoms with Crippen molar-refractivity contribution in [3.8, 4) is 0 Å². The second kappa shape index (κ2) is 16.2. The van der Waals surface area contributed by atoms with E-state index in [1.807, 2.05) is 0 Å². The van der Waals surface area contributed by atoms with Crippen LogP contribution in [0.2, 0.25) is 0 Å². The number of fused-ring (bicyclic) bond motifs is 7. The SMILES string of the molecule is C=C1CC[C@@]2(OC1)O[C@H]1C[C@H]3[C@@H]4CC[C@@H]5C[C@@H](O[C@@H]6O[C@@H](C)[C@H](O)[C@@H](O)[C@H]6O)C[C@@H](O[C@@H]6OC[C@@H](O)[C@H](O)[C@H]6O[C@@H]6O[C@@H](C)[C@H](O)[C@@H](O)[C@H]6O)[C@]5(C)[C@H]4CC[C@]3(C)[C@H]1[C@@H]2C. The third-order valence-corrected chi connectivity index (χ3v) is 17.7. The van der Waals surface area contributed by atoms with Gasteiger partial charge in [0.05, 0.1) is 43.7 Å². The first-order valence-electron chi connectivity index (χ1n) is 22.7. The Morgan fingerprint density at radius 3 is 2.00 bits per heavy atom. The molecule has 5 aliphatic heterocycles. The molecule has 0 aromatic rings. The standard InChI is InChI=1S/C44H70O16/c1-18-9-12-44(54-16-18)19(2)30-28(60-44)15-26-24-8-7-22-13-23(57-39-36(51)34(49)31(46)20(3)55-39)14-29(43(22,6)25(24)10-11-42(26,30)5)58-41-38(33(48)27(45)17-53-41)59-40-37(52)35(50)32(47)21(4)56-40/h19-41,45-52H,1,7-17H2,2-6H3/t19-,20-,21-,22+,23+,24+,25-,26-,27+,28-,29+,30-,31-,32-,33-,34+,35+,36+,37+,38+,39-,40-,41-,42-,43-,44+/m0/s1. The van der Waals surface area contributed by atoms with Crippen molar-refractivity contribution in [2.75, 3.05) is 13.2 Å². The molecule has 0 aromatic carbocycles. The summed E-state index contributed by atoms with van der Waals surface area (Å²) < 4.78 is 51.0. The van der Waals surface area contributed by atoms with Crippen molar-refractivity contribution in [2.45, 2.75) is 203 Å². The number of hydrogen-bond donors (Lipinski definition) is 8. The van der Waals surface area contributed by atoms with Crippen molar-refractivity contribution in [2.24, 2.45) is 46.3 Å². The molecule has 8 N–H and O–H groups in total. The smallest absolute Gasteiger partial charge is 0.187 e. The van der Waals surface area contributed by atoms with Gasteiger partial charge in [-0.1, -0.05) is 32.9 Å². The molecule has 0 radical (unpaired) electrons. The lowest BCUT2D eigenvalue weighted by atomic mass is 9.43. The highest BCUT2D eigenvalue weighted by Gasteiger charge is 2.70. The Balaban J connectivity index is 0.999. The summed E-state index contributed by atoms with van der Waals surface area (Å²) >= 11 is 0. The quantitative estimate of drug-likeness (QED) is 0.137. The van der Waals surface area contributed by atoms with Gasteiger partial charge in [-0.05, 0) is 99.2 Å². The Labute approximate surface area is 352 Å². The van der Waals surface area contributed by atoms with E-state index < -0.39 is 109 Å². The Morgan fingerprint density at radius 1 is 0.683 bits per heavy atom. The molecular formula is C44H70O16. The van der Waals surface area contributed by atoms with Crippen molar-refractivity contribution in [3.05, 3.63) is 12.2 Å². The molecule has 16 nitrogen and oxygen atoms in total. The molecule has 0 unspecified atom stereocenters. The first kappa shape index (κ1) is 44.3. The van der Waals surface area contributed by atoms with Gasteiger partial charge in [-0.2, -0.15) is 0 Å². The molecule has 0 amide bonds. The molecule has 60 heavy (non-hydrogen) atoms. The fourth-order valence-electron chi connectivity index (χ4n) is 14.2. The van der Waals surface area contributed by atoms with Crippen LogP contribution >= 0.6 is 0 Å². The van der Waals surface area contributed by atoms with E-state index in [4.69, 9.17) is 37.9 Å². The van der Waals surface area contributed by atoms with Gasteiger partial charge in [0.1, 0.15) is 54.9 Å². The Hall–Kier alpha value is -0.900. The summed E-state index contributed by atoms with van der Waals surface area (Å²) in [5.74, 6) is 1.20. The van der Waals surface area contributed by atoms with E-state index in [0.717, 1.165) is 50.5 Å². The fraction of sp³-hybridized carbons (Fsp3) is 0.955. The first-order chi connectivity index (χ1) is 28.4. The van der Waals surface area contributed by atoms with Gasteiger partial charge >= 0.3 is 0 Å². The van der Waals surface area contributed by atoms with E-state index in [-0.39, 0.29) is 35.9 Å². The summed E-state index contributed by atoms with van der Waals surface area (Å²) in [5.41, 5.74) is 0.746. The minimum absolute atomic E-state index is 0.0603. The third-order valence-electron chi connectivity index (χ3n) is 17.7. The van der Waals surface area contributed by atoms with E-state index >= 15 is 0 Å². The van der Waals surface area contributed by atoms with Gasteiger partial charge in [0.25, 0.3) is 0 Å². The van der Waals surface area contributed by atoms with E-state index in [2.05, 4.69) is 27.4 Å². The van der Waals surface area contributed by atoms with Gasteiger partial charge in [0.2, 0.25) is 0 Å². The lowest BCUT2D eigenvalue weighted by molar-refractivity contribution is -0.369. The zero-order chi connectivity index (χ0) is 42.8. The van der Waals surface area contributed by atoms with Crippen LogP contribution in [0.4, 0.5) is 0 Å². The zero-order valence-corrected chi connectivity index (χ0v) is 35.6. The maximum Gasteiger partial charge on any atom is 0.187 e. The van der Waals surface area contributed by atoms with Gasteiger partial charge < -0.3 is 78.7 Å². The largest absolute Gasteiger partial charge is 0.388 e. The van der Waals surface area contributed by atoms with Crippen LogP contribution in [0.1, 0.15) is 92.4 Å². The van der Waals surface area contributed by atoms with Crippen molar-refractivity contribution >= 4 is 0 Å². The normalized spacial score (nSPS) is 59.3. The summed E-state index contributed by atoms with van der Waals surface area (Å²) in [6, 6.07) is 0. The van der Waals surface area contributed by atoms with E-state index in [1.54, 1.807) is 6.92 Å². The summed E-state index contributed by atoms with van der Waals surface area (Å²) in [6.45, 7) is 14.7. The summed E-state index contributed by atoms with van der Waals surface area (Å²) in [7, 11) is 0. The molecular weight excluding hydrogens is 784 g/mol. The van der Waals surface area contributed by atoms with Crippen LogP contribution < -0.4 is 0 Å².